The van der Waals surface area contributed by atoms with Crippen molar-refractivity contribution < 1.29 is 14.7 Å². The Labute approximate surface area is 125 Å². The molecule has 21 heavy (non-hydrogen) atoms. The quantitative estimate of drug-likeness (QED) is 0.882. The second-order valence-electron chi connectivity index (χ2n) is 4.78. The van der Waals surface area contributed by atoms with E-state index in [1.807, 2.05) is 6.07 Å². The van der Waals surface area contributed by atoms with Gasteiger partial charge in [0.05, 0.1) is 11.9 Å². The number of carbonyl (C=O) groups is 2. The van der Waals surface area contributed by atoms with Crippen molar-refractivity contribution in [3.8, 4) is 10.7 Å². The molecule has 2 aromatic heterocycles. The smallest absolute Gasteiger partial charge is 0.326 e. The molecule has 0 radical (unpaired) electrons. The number of hydrogen-bond donors (Lipinski definition) is 2. The Morgan fingerprint density at radius 1 is 1.29 bits per heavy atom. The van der Waals surface area contributed by atoms with Gasteiger partial charge in [0.2, 0.25) is 0 Å². The summed E-state index contributed by atoms with van der Waals surface area (Å²) < 4.78 is 0. The van der Waals surface area contributed by atoms with Gasteiger partial charge < -0.3 is 10.4 Å². The summed E-state index contributed by atoms with van der Waals surface area (Å²) in [6.45, 7) is 3.48. The third kappa shape index (κ3) is 3.63. The Morgan fingerprint density at radius 3 is 2.62 bits per heavy atom. The van der Waals surface area contributed by atoms with E-state index >= 15 is 0 Å². The van der Waals surface area contributed by atoms with Crippen LogP contribution >= 0.6 is 11.3 Å². The maximum Gasteiger partial charge on any atom is 0.326 e. The lowest BCUT2D eigenvalue weighted by molar-refractivity contribution is -0.140. The van der Waals surface area contributed by atoms with E-state index in [0.29, 0.717) is 15.6 Å². The molecular formula is C14H15N3O3S. The highest BCUT2D eigenvalue weighted by atomic mass is 32.1. The van der Waals surface area contributed by atoms with E-state index in [9.17, 15) is 9.59 Å². The van der Waals surface area contributed by atoms with E-state index in [1.165, 1.54) is 17.5 Å². The minimum Gasteiger partial charge on any atom is -0.480 e. The maximum atomic E-state index is 12.1. The Hall–Kier alpha value is -2.28. The largest absolute Gasteiger partial charge is 0.480 e. The molecule has 0 aliphatic rings. The molecule has 0 unspecified atom stereocenters. The lowest BCUT2D eigenvalue weighted by Gasteiger charge is -2.16. The van der Waals surface area contributed by atoms with Crippen LogP contribution in [0.5, 0.6) is 0 Å². The normalized spacial score (nSPS) is 12.1. The topological polar surface area (TPSA) is 92.2 Å². The van der Waals surface area contributed by atoms with Crippen molar-refractivity contribution in [1.82, 2.24) is 15.3 Å². The number of pyridine rings is 1. The molecule has 0 aliphatic carbocycles. The van der Waals surface area contributed by atoms with Gasteiger partial charge in [-0.15, -0.1) is 11.3 Å². The number of carboxylic acid groups (broad SMARTS) is 1. The predicted octanol–water partition coefficient (Wildman–Crippen LogP) is 2.04. The summed E-state index contributed by atoms with van der Waals surface area (Å²) in [5, 5.41) is 12.2. The number of carbonyl (C=O) groups excluding carboxylic acids is 1. The van der Waals surface area contributed by atoms with Crippen LogP contribution in [0.2, 0.25) is 0 Å². The fraction of sp³-hybridized carbons (Fsp3) is 0.286. The van der Waals surface area contributed by atoms with Gasteiger partial charge in [-0.3, -0.25) is 9.78 Å². The highest BCUT2D eigenvalue weighted by Gasteiger charge is 2.24. The van der Waals surface area contributed by atoms with Crippen molar-refractivity contribution in [3.05, 3.63) is 35.5 Å². The Bertz CT molecular complexity index is 640. The second-order valence-corrected chi connectivity index (χ2v) is 5.81. The molecule has 0 bridgehead atoms. The summed E-state index contributed by atoms with van der Waals surface area (Å²) in [5.74, 6) is -1.68. The van der Waals surface area contributed by atoms with E-state index < -0.39 is 17.9 Å². The van der Waals surface area contributed by atoms with Crippen LogP contribution in [0.15, 0.2) is 30.6 Å². The number of thiazole rings is 1. The number of nitrogens with one attached hydrogen (secondary N) is 1. The van der Waals surface area contributed by atoms with E-state index in [0.717, 1.165) is 0 Å². The molecule has 2 aromatic rings. The van der Waals surface area contributed by atoms with Gasteiger partial charge >= 0.3 is 5.97 Å². The Balaban J connectivity index is 2.14. The number of nitrogens with zero attached hydrogens (tertiary/aromatic N) is 2. The summed E-state index contributed by atoms with van der Waals surface area (Å²) in [6, 6.07) is 4.51. The van der Waals surface area contributed by atoms with Crippen LogP contribution in [0, 0.1) is 5.92 Å². The minimum absolute atomic E-state index is 0.199. The lowest BCUT2D eigenvalue weighted by atomic mass is 10.0. The number of carboxylic acids is 1. The van der Waals surface area contributed by atoms with Gasteiger partial charge in [-0.1, -0.05) is 19.9 Å². The van der Waals surface area contributed by atoms with E-state index in [4.69, 9.17) is 5.11 Å². The molecule has 0 fully saturated rings. The van der Waals surface area contributed by atoms with Crippen molar-refractivity contribution in [2.75, 3.05) is 0 Å². The molecule has 2 N–H and O–H groups in total. The average molecular weight is 305 g/mol. The van der Waals surface area contributed by atoms with Gasteiger partial charge in [0.1, 0.15) is 15.9 Å². The first-order valence-electron chi connectivity index (χ1n) is 6.40. The van der Waals surface area contributed by atoms with Gasteiger partial charge in [0, 0.05) is 6.20 Å². The van der Waals surface area contributed by atoms with Crippen LogP contribution in [-0.4, -0.2) is 33.0 Å². The summed E-state index contributed by atoms with van der Waals surface area (Å²) in [4.78, 5) is 31.9. The molecule has 0 aromatic carbocycles. The fourth-order valence-electron chi connectivity index (χ4n) is 1.71. The molecule has 6 nitrogen and oxygen atoms in total. The molecule has 0 saturated heterocycles. The van der Waals surface area contributed by atoms with Crippen LogP contribution in [0.25, 0.3) is 10.7 Å². The Morgan fingerprint density at radius 2 is 2.05 bits per heavy atom. The number of aliphatic carboxylic acids is 1. The standard InChI is InChI=1S/C14H15N3O3S/c1-8(2)11(14(19)20)17-12(18)10-7-16-13(21-10)9-5-3-4-6-15-9/h3-8,11H,1-2H3,(H,17,18)(H,19,20)/t11-/m1/s1. The molecule has 0 saturated carbocycles. The summed E-state index contributed by atoms with van der Waals surface area (Å²) in [6.07, 6.45) is 3.08. The summed E-state index contributed by atoms with van der Waals surface area (Å²) in [7, 11) is 0. The van der Waals surface area contributed by atoms with Crippen LogP contribution < -0.4 is 5.32 Å². The second kappa shape index (κ2) is 6.45. The zero-order valence-electron chi connectivity index (χ0n) is 11.6. The average Bonchev–Trinajstić information content (AvgIpc) is 2.94. The molecule has 2 rings (SSSR count). The van der Waals surface area contributed by atoms with E-state index in [1.54, 1.807) is 32.2 Å². The molecule has 2 heterocycles. The highest BCUT2D eigenvalue weighted by molar-refractivity contribution is 7.16. The van der Waals surface area contributed by atoms with Crippen molar-refractivity contribution in [3.63, 3.8) is 0 Å². The zero-order chi connectivity index (χ0) is 15.4. The van der Waals surface area contributed by atoms with Crippen molar-refractivity contribution >= 4 is 23.2 Å². The molecule has 1 atom stereocenters. The highest BCUT2D eigenvalue weighted by Crippen LogP contribution is 2.23. The molecular weight excluding hydrogens is 290 g/mol. The third-order valence-electron chi connectivity index (χ3n) is 2.83. The first kappa shape index (κ1) is 15.1. The molecule has 0 aliphatic heterocycles. The minimum atomic E-state index is -1.05. The number of rotatable bonds is 5. The first-order valence-corrected chi connectivity index (χ1v) is 7.21. The maximum absolute atomic E-state index is 12.1. The van der Waals surface area contributed by atoms with E-state index in [-0.39, 0.29) is 5.92 Å². The van der Waals surface area contributed by atoms with Crippen LogP contribution in [-0.2, 0) is 4.79 Å². The van der Waals surface area contributed by atoms with Gasteiger partial charge in [0.25, 0.3) is 5.91 Å². The van der Waals surface area contributed by atoms with Gasteiger partial charge in [0.15, 0.2) is 0 Å². The fourth-order valence-corrected chi connectivity index (χ4v) is 2.51. The van der Waals surface area contributed by atoms with Crippen LogP contribution in [0.3, 0.4) is 0 Å². The van der Waals surface area contributed by atoms with E-state index in [2.05, 4.69) is 15.3 Å². The molecule has 0 spiro atoms. The van der Waals surface area contributed by atoms with Gasteiger partial charge in [-0.2, -0.15) is 0 Å². The van der Waals surface area contributed by atoms with Gasteiger partial charge in [-0.25, -0.2) is 9.78 Å². The lowest BCUT2D eigenvalue weighted by Crippen LogP contribution is -2.44. The monoisotopic (exact) mass is 305 g/mol. The van der Waals surface area contributed by atoms with Crippen LogP contribution in [0.4, 0.5) is 0 Å². The van der Waals surface area contributed by atoms with Crippen molar-refractivity contribution in [2.24, 2.45) is 5.92 Å². The number of aromatic nitrogens is 2. The van der Waals surface area contributed by atoms with Crippen LogP contribution in [0.1, 0.15) is 23.5 Å². The Kier molecular flexibility index (Phi) is 4.64. The predicted molar refractivity (Wildman–Crippen MR) is 79.1 cm³/mol. The molecule has 110 valence electrons. The molecule has 1 amide bonds. The zero-order valence-corrected chi connectivity index (χ0v) is 12.4. The molecule has 7 heteroatoms. The third-order valence-corrected chi connectivity index (χ3v) is 3.85. The summed E-state index contributed by atoms with van der Waals surface area (Å²) >= 11 is 1.18. The first-order chi connectivity index (χ1) is 9.99. The number of hydrogen-bond acceptors (Lipinski definition) is 5. The number of amides is 1. The SMILES string of the molecule is CC(C)[C@@H](NC(=O)c1cnc(-c2ccccn2)s1)C(=O)O. The summed E-state index contributed by atoms with van der Waals surface area (Å²) in [5.41, 5.74) is 0.681. The van der Waals surface area contributed by atoms with Gasteiger partial charge in [-0.05, 0) is 18.1 Å². The van der Waals surface area contributed by atoms with Crippen molar-refractivity contribution in [2.45, 2.75) is 19.9 Å². The van der Waals surface area contributed by atoms with Crippen molar-refractivity contribution in [1.29, 1.82) is 0 Å².